The van der Waals surface area contributed by atoms with Crippen LogP contribution in [0.15, 0.2) is 67.1 Å². The lowest BCUT2D eigenvalue weighted by atomic mass is 10.1. The van der Waals surface area contributed by atoms with Gasteiger partial charge in [0.15, 0.2) is 0 Å². The van der Waals surface area contributed by atoms with Gasteiger partial charge in [-0.3, -0.25) is 9.78 Å². The van der Waals surface area contributed by atoms with E-state index in [1.165, 1.54) is 6.33 Å². The fourth-order valence-electron chi connectivity index (χ4n) is 2.97. The number of hydrogen-bond donors (Lipinski definition) is 2. The van der Waals surface area contributed by atoms with Gasteiger partial charge in [-0.05, 0) is 43.2 Å². The third-order valence-corrected chi connectivity index (χ3v) is 4.65. The molecule has 2 heterocycles. The highest BCUT2D eigenvalue weighted by Gasteiger charge is 2.12. The number of pyridine rings is 1. The zero-order valence-corrected chi connectivity index (χ0v) is 15.6. The average Bonchev–Trinajstić information content (AvgIpc) is 2.72. The van der Waals surface area contributed by atoms with Crippen LogP contribution >= 0.6 is 0 Å². The molecule has 0 aliphatic rings. The van der Waals surface area contributed by atoms with E-state index in [2.05, 4.69) is 25.6 Å². The van der Waals surface area contributed by atoms with Crippen molar-refractivity contribution in [2.24, 2.45) is 0 Å². The van der Waals surface area contributed by atoms with Gasteiger partial charge >= 0.3 is 0 Å². The number of hydrogen-bond acceptors (Lipinski definition) is 5. The monoisotopic (exact) mass is 369 g/mol. The zero-order chi connectivity index (χ0) is 19.5. The minimum absolute atomic E-state index is 0.282. The van der Waals surface area contributed by atoms with Gasteiger partial charge in [-0.25, -0.2) is 9.97 Å². The van der Waals surface area contributed by atoms with E-state index in [-0.39, 0.29) is 11.6 Å². The van der Waals surface area contributed by atoms with E-state index >= 15 is 0 Å². The molecule has 2 aromatic heterocycles. The number of amides is 1. The van der Waals surface area contributed by atoms with Crippen LogP contribution in [0.4, 0.5) is 17.2 Å². The summed E-state index contributed by atoms with van der Waals surface area (Å²) in [6.45, 7) is 3.99. The quantitative estimate of drug-likeness (QED) is 0.548. The van der Waals surface area contributed by atoms with Gasteiger partial charge < -0.3 is 10.6 Å². The summed E-state index contributed by atoms with van der Waals surface area (Å²) in [6, 6.07) is 17.2. The number of aromatic nitrogens is 3. The number of nitrogens with zero attached hydrogens (tertiary/aromatic N) is 3. The minimum atomic E-state index is -0.282. The SMILES string of the molecule is Cc1cccc(NC(=O)c2cc(Nc3cccc4cccnc34)ncn2)c1C. The fourth-order valence-corrected chi connectivity index (χ4v) is 2.97. The van der Waals surface area contributed by atoms with E-state index in [9.17, 15) is 4.79 Å². The van der Waals surface area contributed by atoms with Gasteiger partial charge in [0.05, 0.1) is 11.2 Å². The van der Waals surface area contributed by atoms with E-state index in [1.807, 2.05) is 62.4 Å². The molecule has 4 rings (SSSR count). The van der Waals surface area contributed by atoms with Crippen molar-refractivity contribution < 1.29 is 4.79 Å². The second-order valence-corrected chi connectivity index (χ2v) is 6.50. The van der Waals surface area contributed by atoms with Crippen LogP contribution in [0, 0.1) is 13.8 Å². The van der Waals surface area contributed by atoms with Gasteiger partial charge in [0.1, 0.15) is 17.8 Å². The molecular formula is C22H19N5O. The van der Waals surface area contributed by atoms with Crippen molar-refractivity contribution in [2.45, 2.75) is 13.8 Å². The summed E-state index contributed by atoms with van der Waals surface area (Å²) in [5, 5.41) is 7.17. The smallest absolute Gasteiger partial charge is 0.274 e. The van der Waals surface area contributed by atoms with E-state index in [1.54, 1.807) is 12.3 Å². The first kappa shape index (κ1) is 17.6. The van der Waals surface area contributed by atoms with Gasteiger partial charge in [-0.1, -0.05) is 30.3 Å². The largest absolute Gasteiger partial charge is 0.338 e. The molecule has 4 aromatic rings. The third kappa shape index (κ3) is 3.53. The number of para-hydroxylation sites is 1. The van der Waals surface area contributed by atoms with Crippen LogP contribution in [0.2, 0.25) is 0 Å². The molecule has 0 spiro atoms. The topological polar surface area (TPSA) is 79.8 Å². The number of carbonyl (C=O) groups excluding carboxylic acids is 1. The lowest BCUT2D eigenvalue weighted by Crippen LogP contribution is -2.15. The molecule has 0 aliphatic heterocycles. The standard InChI is InChI=1S/C22H19N5O/c1-14-6-3-9-17(15(14)2)27-22(28)19-12-20(25-13-24-19)26-18-10-4-7-16-8-5-11-23-21(16)18/h3-13H,1-2H3,(H,27,28)(H,24,25,26). The van der Waals surface area contributed by atoms with Crippen molar-refractivity contribution in [3.63, 3.8) is 0 Å². The molecule has 0 saturated carbocycles. The van der Waals surface area contributed by atoms with Crippen molar-refractivity contribution in [2.75, 3.05) is 10.6 Å². The van der Waals surface area contributed by atoms with E-state index in [0.717, 1.165) is 33.4 Å². The first-order chi connectivity index (χ1) is 13.6. The average molecular weight is 369 g/mol. The van der Waals surface area contributed by atoms with Gasteiger partial charge in [0.25, 0.3) is 5.91 Å². The van der Waals surface area contributed by atoms with Crippen LogP contribution < -0.4 is 10.6 Å². The highest BCUT2D eigenvalue weighted by Crippen LogP contribution is 2.24. The Hall–Kier alpha value is -3.80. The van der Waals surface area contributed by atoms with Crippen LogP contribution in [0.25, 0.3) is 10.9 Å². The van der Waals surface area contributed by atoms with Crippen molar-refractivity contribution >= 4 is 34.0 Å². The Morgan fingerprint density at radius 3 is 2.57 bits per heavy atom. The van der Waals surface area contributed by atoms with Gasteiger partial charge in [0.2, 0.25) is 0 Å². The normalized spacial score (nSPS) is 10.6. The fraction of sp³-hybridized carbons (Fsp3) is 0.0909. The number of fused-ring (bicyclic) bond motifs is 1. The summed E-state index contributed by atoms with van der Waals surface area (Å²) in [5.74, 6) is 0.245. The Morgan fingerprint density at radius 1 is 0.893 bits per heavy atom. The van der Waals surface area contributed by atoms with Gasteiger partial charge in [0, 0.05) is 23.3 Å². The molecule has 0 saturated heterocycles. The molecule has 2 aromatic carbocycles. The number of nitrogens with one attached hydrogen (secondary N) is 2. The van der Waals surface area contributed by atoms with Crippen LogP contribution in [-0.4, -0.2) is 20.9 Å². The van der Waals surface area contributed by atoms with Crippen LogP contribution in [-0.2, 0) is 0 Å². The molecule has 28 heavy (non-hydrogen) atoms. The van der Waals surface area contributed by atoms with Crippen molar-refractivity contribution in [1.82, 2.24) is 15.0 Å². The molecule has 0 bridgehead atoms. The third-order valence-electron chi connectivity index (χ3n) is 4.65. The summed E-state index contributed by atoms with van der Waals surface area (Å²) >= 11 is 0. The molecule has 0 fully saturated rings. The number of benzene rings is 2. The molecule has 0 unspecified atom stereocenters. The molecular weight excluding hydrogens is 350 g/mol. The first-order valence-electron chi connectivity index (χ1n) is 8.92. The lowest BCUT2D eigenvalue weighted by Gasteiger charge is -2.11. The summed E-state index contributed by atoms with van der Waals surface area (Å²) < 4.78 is 0. The number of rotatable bonds is 4. The van der Waals surface area contributed by atoms with Gasteiger partial charge in [-0.2, -0.15) is 0 Å². The van der Waals surface area contributed by atoms with Gasteiger partial charge in [-0.15, -0.1) is 0 Å². The Bertz CT molecular complexity index is 1170. The van der Waals surface area contributed by atoms with E-state index in [0.29, 0.717) is 5.82 Å². The summed E-state index contributed by atoms with van der Waals surface area (Å²) in [7, 11) is 0. The highest BCUT2D eigenvalue weighted by molar-refractivity contribution is 6.04. The number of anilines is 3. The number of carbonyl (C=O) groups is 1. The molecule has 0 atom stereocenters. The second kappa shape index (κ2) is 7.44. The molecule has 6 nitrogen and oxygen atoms in total. The summed E-state index contributed by atoms with van der Waals surface area (Å²) in [4.78, 5) is 25.4. The minimum Gasteiger partial charge on any atom is -0.338 e. The maximum atomic E-state index is 12.7. The predicted molar refractivity (Wildman–Crippen MR) is 111 cm³/mol. The highest BCUT2D eigenvalue weighted by atomic mass is 16.1. The zero-order valence-electron chi connectivity index (χ0n) is 15.6. The van der Waals surface area contributed by atoms with Crippen molar-refractivity contribution in [3.05, 3.63) is 83.9 Å². The molecule has 0 aliphatic carbocycles. The maximum absolute atomic E-state index is 12.7. The Balaban J connectivity index is 1.59. The Morgan fingerprint density at radius 2 is 1.68 bits per heavy atom. The number of aryl methyl sites for hydroxylation is 1. The van der Waals surface area contributed by atoms with Crippen LogP contribution in [0.3, 0.4) is 0 Å². The predicted octanol–water partition coefficient (Wildman–Crippen LogP) is 4.64. The molecule has 0 radical (unpaired) electrons. The summed E-state index contributed by atoms with van der Waals surface area (Å²) in [6.07, 6.45) is 3.12. The lowest BCUT2D eigenvalue weighted by molar-refractivity contribution is 0.102. The Kier molecular flexibility index (Phi) is 4.68. The van der Waals surface area contributed by atoms with Crippen molar-refractivity contribution in [1.29, 1.82) is 0 Å². The van der Waals surface area contributed by atoms with E-state index < -0.39 is 0 Å². The molecule has 1 amide bonds. The van der Waals surface area contributed by atoms with E-state index in [4.69, 9.17) is 0 Å². The summed E-state index contributed by atoms with van der Waals surface area (Å²) in [5.41, 5.74) is 4.86. The van der Waals surface area contributed by atoms with Crippen LogP contribution in [0.1, 0.15) is 21.6 Å². The van der Waals surface area contributed by atoms with Crippen molar-refractivity contribution in [3.8, 4) is 0 Å². The molecule has 6 heteroatoms. The maximum Gasteiger partial charge on any atom is 0.274 e. The van der Waals surface area contributed by atoms with Crippen LogP contribution in [0.5, 0.6) is 0 Å². The molecule has 138 valence electrons. The first-order valence-corrected chi connectivity index (χ1v) is 8.92. The second-order valence-electron chi connectivity index (χ2n) is 6.50. The Labute approximate surface area is 162 Å². The molecule has 2 N–H and O–H groups in total.